The molecule has 0 aliphatic carbocycles. The third-order valence-electron chi connectivity index (χ3n) is 4.82. The van der Waals surface area contributed by atoms with Crippen LogP contribution in [-0.2, 0) is 16.1 Å². The molecule has 0 bridgehead atoms. The molecular weight excluding hydrogens is 454 g/mol. The van der Waals surface area contributed by atoms with Gasteiger partial charge in [-0.15, -0.1) is 0 Å². The molecule has 0 saturated carbocycles. The summed E-state index contributed by atoms with van der Waals surface area (Å²) in [6, 6.07) is 13.2. The Balaban J connectivity index is 1.34. The molecule has 30 heavy (non-hydrogen) atoms. The molecule has 1 aliphatic heterocycles. The fourth-order valence-corrected chi connectivity index (χ4v) is 3.72. The summed E-state index contributed by atoms with van der Waals surface area (Å²) in [5, 5.41) is 0.677. The normalized spacial score (nSPS) is 13.0. The molecule has 1 aliphatic rings. The molecular formula is C22H16BrNO6. The minimum absolute atomic E-state index is 0.0400. The van der Waals surface area contributed by atoms with Crippen molar-refractivity contribution in [2.45, 2.75) is 19.4 Å². The lowest BCUT2D eigenvalue weighted by atomic mass is 10.1. The van der Waals surface area contributed by atoms with E-state index >= 15 is 0 Å². The van der Waals surface area contributed by atoms with E-state index in [1.807, 2.05) is 0 Å². The molecule has 0 unspecified atom stereocenters. The number of hydrogen-bond donors (Lipinski definition) is 0. The predicted octanol–water partition coefficient (Wildman–Crippen LogP) is 3.68. The van der Waals surface area contributed by atoms with Crippen LogP contribution in [0.5, 0.6) is 0 Å². The Morgan fingerprint density at radius 1 is 1.00 bits per heavy atom. The minimum atomic E-state index is -0.530. The number of fused-ring (bicyclic) bond motifs is 2. The molecule has 1 aromatic heterocycles. The van der Waals surface area contributed by atoms with E-state index in [2.05, 4.69) is 15.9 Å². The molecule has 2 amide bonds. The molecule has 152 valence electrons. The SMILES string of the molecule is O=C(CCCN1C(=O)c2ccccc2C1=O)OCc1cc(=O)oc2cc(Br)ccc12. The minimum Gasteiger partial charge on any atom is -0.461 e. The van der Waals surface area contributed by atoms with Crippen LogP contribution in [0.4, 0.5) is 0 Å². The van der Waals surface area contributed by atoms with Crippen LogP contribution >= 0.6 is 15.9 Å². The number of esters is 1. The van der Waals surface area contributed by atoms with Gasteiger partial charge in [-0.05, 0) is 36.8 Å². The van der Waals surface area contributed by atoms with Crippen LogP contribution in [0.15, 0.2) is 62.2 Å². The fraction of sp³-hybridized carbons (Fsp3) is 0.182. The maximum atomic E-state index is 12.3. The van der Waals surface area contributed by atoms with Crippen LogP contribution < -0.4 is 5.63 Å². The van der Waals surface area contributed by atoms with Crippen molar-refractivity contribution in [1.82, 2.24) is 4.90 Å². The van der Waals surface area contributed by atoms with Crippen LogP contribution in [0.25, 0.3) is 11.0 Å². The quantitative estimate of drug-likeness (QED) is 0.310. The summed E-state index contributed by atoms with van der Waals surface area (Å²) < 4.78 is 11.2. The summed E-state index contributed by atoms with van der Waals surface area (Å²) in [5.74, 6) is -1.18. The van der Waals surface area contributed by atoms with E-state index < -0.39 is 11.6 Å². The first-order chi connectivity index (χ1) is 14.4. The average molecular weight is 470 g/mol. The van der Waals surface area contributed by atoms with Crippen molar-refractivity contribution in [2.75, 3.05) is 6.54 Å². The first kappa shape index (κ1) is 20.0. The first-order valence-electron chi connectivity index (χ1n) is 9.27. The Kier molecular flexibility index (Phi) is 5.50. The standard InChI is InChI=1S/C22H16BrNO6/c23-14-7-8-15-13(10-20(26)30-18(15)11-14)12-29-19(25)6-3-9-24-21(27)16-4-1-2-5-17(16)22(24)28/h1-2,4-5,7-8,10-11H,3,6,9,12H2. The molecule has 0 atom stereocenters. The highest BCUT2D eigenvalue weighted by Gasteiger charge is 2.34. The number of carbonyl (C=O) groups is 3. The Labute approximate surface area is 179 Å². The molecule has 0 N–H and O–H groups in total. The number of amides is 2. The highest BCUT2D eigenvalue weighted by molar-refractivity contribution is 9.10. The van der Waals surface area contributed by atoms with Crippen molar-refractivity contribution in [3.05, 3.63) is 80.1 Å². The number of ether oxygens (including phenoxy) is 1. The second kappa shape index (κ2) is 8.23. The third kappa shape index (κ3) is 3.91. The van der Waals surface area contributed by atoms with Crippen molar-refractivity contribution in [2.24, 2.45) is 0 Å². The van der Waals surface area contributed by atoms with Gasteiger partial charge in [0.1, 0.15) is 12.2 Å². The predicted molar refractivity (Wildman–Crippen MR) is 111 cm³/mol. The van der Waals surface area contributed by atoms with Crippen molar-refractivity contribution in [1.29, 1.82) is 0 Å². The van der Waals surface area contributed by atoms with Gasteiger partial charge in [-0.3, -0.25) is 19.3 Å². The van der Waals surface area contributed by atoms with Crippen molar-refractivity contribution < 1.29 is 23.5 Å². The van der Waals surface area contributed by atoms with Gasteiger partial charge in [0.2, 0.25) is 0 Å². The Bertz CT molecular complexity index is 1200. The van der Waals surface area contributed by atoms with Gasteiger partial charge in [0.15, 0.2) is 0 Å². The smallest absolute Gasteiger partial charge is 0.336 e. The highest BCUT2D eigenvalue weighted by atomic mass is 79.9. The van der Waals surface area contributed by atoms with Crippen LogP contribution in [0.1, 0.15) is 39.1 Å². The molecule has 0 radical (unpaired) electrons. The van der Waals surface area contributed by atoms with E-state index in [9.17, 15) is 19.2 Å². The van der Waals surface area contributed by atoms with Gasteiger partial charge >= 0.3 is 11.6 Å². The zero-order valence-electron chi connectivity index (χ0n) is 15.7. The fourth-order valence-electron chi connectivity index (χ4n) is 3.38. The Morgan fingerprint density at radius 3 is 2.40 bits per heavy atom. The van der Waals surface area contributed by atoms with E-state index in [-0.39, 0.29) is 37.8 Å². The maximum Gasteiger partial charge on any atom is 0.336 e. The molecule has 0 spiro atoms. The Morgan fingerprint density at radius 2 is 1.70 bits per heavy atom. The molecule has 8 heteroatoms. The number of rotatable bonds is 6. The number of imide groups is 1. The molecule has 0 saturated heterocycles. The molecule has 7 nitrogen and oxygen atoms in total. The summed E-state index contributed by atoms with van der Waals surface area (Å²) in [5.41, 5.74) is 1.17. The lowest BCUT2D eigenvalue weighted by Gasteiger charge is -2.13. The summed E-state index contributed by atoms with van der Waals surface area (Å²) in [7, 11) is 0. The Hall–Kier alpha value is -3.26. The molecule has 3 aromatic rings. The number of hydrogen-bond acceptors (Lipinski definition) is 6. The number of benzene rings is 2. The van der Waals surface area contributed by atoms with Crippen LogP contribution in [0, 0.1) is 0 Å². The lowest BCUT2D eigenvalue weighted by Crippen LogP contribution is -2.31. The van der Waals surface area contributed by atoms with E-state index in [4.69, 9.17) is 9.15 Å². The van der Waals surface area contributed by atoms with Gasteiger partial charge in [-0.25, -0.2) is 4.79 Å². The van der Waals surface area contributed by atoms with Crippen LogP contribution in [0.3, 0.4) is 0 Å². The van der Waals surface area contributed by atoms with Crippen molar-refractivity contribution in [3.63, 3.8) is 0 Å². The molecule has 0 fully saturated rings. The summed E-state index contributed by atoms with van der Waals surface area (Å²) in [6.45, 7) is 0.0584. The van der Waals surface area contributed by atoms with Crippen molar-refractivity contribution >= 4 is 44.7 Å². The zero-order valence-corrected chi connectivity index (χ0v) is 17.3. The molecule has 4 rings (SSSR count). The highest BCUT2D eigenvalue weighted by Crippen LogP contribution is 2.24. The molecule has 2 aromatic carbocycles. The second-order valence-corrected chi connectivity index (χ2v) is 7.72. The van der Waals surface area contributed by atoms with Gasteiger partial charge in [-0.2, -0.15) is 0 Å². The summed E-state index contributed by atoms with van der Waals surface area (Å²) >= 11 is 3.32. The van der Waals surface area contributed by atoms with Crippen molar-refractivity contribution in [3.8, 4) is 0 Å². The number of halogens is 1. The van der Waals surface area contributed by atoms with Crippen LogP contribution in [-0.4, -0.2) is 29.2 Å². The topological polar surface area (TPSA) is 93.9 Å². The van der Waals surface area contributed by atoms with E-state index in [1.165, 1.54) is 6.07 Å². The average Bonchev–Trinajstić information content (AvgIpc) is 2.96. The van der Waals surface area contributed by atoms with Crippen LogP contribution in [0.2, 0.25) is 0 Å². The van der Waals surface area contributed by atoms with Gasteiger partial charge in [0, 0.05) is 34.5 Å². The van der Waals surface area contributed by atoms with Gasteiger partial charge < -0.3 is 9.15 Å². The van der Waals surface area contributed by atoms with E-state index in [0.29, 0.717) is 27.7 Å². The summed E-state index contributed by atoms with van der Waals surface area (Å²) in [6.07, 6.45) is 0.327. The maximum absolute atomic E-state index is 12.3. The molecule has 2 heterocycles. The van der Waals surface area contributed by atoms with E-state index in [0.717, 1.165) is 9.37 Å². The zero-order chi connectivity index (χ0) is 21.3. The largest absolute Gasteiger partial charge is 0.461 e. The van der Waals surface area contributed by atoms with E-state index in [1.54, 1.807) is 42.5 Å². The number of nitrogens with zero attached hydrogens (tertiary/aromatic N) is 1. The summed E-state index contributed by atoms with van der Waals surface area (Å²) in [4.78, 5) is 49.7. The number of carbonyl (C=O) groups excluding carboxylic acids is 3. The van der Waals surface area contributed by atoms with Gasteiger partial charge in [0.05, 0.1) is 11.1 Å². The second-order valence-electron chi connectivity index (χ2n) is 6.80. The lowest BCUT2D eigenvalue weighted by molar-refractivity contribution is -0.145. The first-order valence-corrected chi connectivity index (χ1v) is 10.1. The van der Waals surface area contributed by atoms with Gasteiger partial charge in [0.25, 0.3) is 11.8 Å². The third-order valence-corrected chi connectivity index (χ3v) is 5.31. The van der Waals surface area contributed by atoms with Gasteiger partial charge in [-0.1, -0.05) is 28.1 Å². The monoisotopic (exact) mass is 469 g/mol.